The molecule has 0 saturated heterocycles. The molecule has 1 nitrogen and oxygen atoms in total. The fourth-order valence-corrected chi connectivity index (χ4v) is 3.09. The van der Waals surface area contributed by atoms with Crippen LogP contribution in [0.3, 0.4) is 0 Å². The Morgan fingerprint density at radius 1 is 1.06 bits per heavy atom. The molecule has 0 amide bonds. The van der Waals surface area contributed by atoms with E-state index in [1.165, 1.54) is 5.56 Å². The molecule has 2 aromatic rings. The third kappa shape index (κ3) is 3.20. The highest BCUT2D eigenvalue weighted by Crippen LogP contribution is 2.29. The largest absolute Gasteiger partial charge is 0.298 e. The summed E-state index contributed by atoms with van der Waals surface area (Å²) in [4.78, 5) is 12.0. The van der Waals surface area contributed by atoms with E-state index in [-0.39, 0.29) is 0 Å². The van der Waals surface area contributed by atoms with Gasteiger partial charge in [0.25, 0.3) is 0 Å². The highest BCUT2D eigenvalue weighted by atomic mass is 79.9. The van der Waals surface area contributed by atoms with Crippen molar-refractivity contribution in [1.82, 2.24) is 0 Å². The molecule has 2 aromatic carbocycles. The Kier molecular flexibility index (Phi) is 4.40. The summed E-state index contributed by atoms with van der Waals surface area (Å²) in [7, 11) is 0. The summed E-state index contributed by atoms with van der Waals surface area (Å²) in [6.45, 7) is 0. The van der Waals surface area contributed by atoms with Crippen molar-refractivity contribution in [2.45, 2.75) is 10.6 Å². The number of aldehydes is 1. The van der Waals surface area contributed by atoms with Gasteiger partial charge in [0.2, 0.25) is 0 Å². The molecule has 3 heteroatoms. The van der Waals surface area contributed by atoms with Gasteiger partial charge in [-0.2, -0.15) is 0 Å². The van der Waals surface area contributed by atoms with Crippen molar-refractivity contribution in [3.8, 4) is 0 Å². The number of hydrogen-bond acceptors (Lipinski definition) is 2. The van der Waals surface area contributed by atoms with E-state index >= 15 is 0 Å². The maximum Gasteiger partial charge on any atom is 0.152 e. The smallest absolute Gasteiger partial charge is 0.152 e. The van der Waals surface area contributed by atoms with Crippen molar-refractivity contribution in [3.05, 3.63) is 64.1 Å². The topological polar surface area (TPSA) is 17.1 Å². The summed E-state index contributed by atoms with van der Waals surface area (Å²) in [5.41, 5.74) is 1.99. The first-order valence-corrected chi connectivity index (χ1v) is 6.99. The van der Waals surface area contributed by atoms with Crippen molar-refractivity contribution in [2.24, 2.45) is 0 Å². The first kappa shape index (κ1) is 12.4. The fourth-order valence-electron chi connectivity index (χ4n) is 1.49. The van der Waals surface area contributed by atoms with Crippen LogP contribution in [-0.2, 0) is 5.75 Å². The monoisotopic (exact) mass is 306 g/mol. The molecule has 0 aliphatic heterocycles. The first-order valence-electron chi connectivity index (χ1n) is 5.21. The molecule has 0 aromatic heterocycles. The highest BCUT2D eigenvalue weighted by molar-refractivity contribution is 9.10. The van der Waals surface area contributed by atoms with Crippen LogP contribution in [0.25, 0.3) is 0 Å². The Morgan fingerprint density at radius 2 is 1.82 bits per heavy atom. The lowest BCUT2D eigenvalue weighted by Gasteiger charge is -2.06. The standard InChI is InChI=1S/C14H11BrOS/c15-13-7-4-8-14(12(13)9-16)17-10-11-5-2-1-3-6-11/h1-9H,10H2. The van der Waals surface area contributed by atoms with E-state index in [1.54, 1.807) is 11.8 Å². The third-order valence-electron chi connectivity index (χ3n) is 2.37. The number of carbonyl (C=O) groups excluding carboxylic acids is 1. The van der Waals surface area contributed by atoms with Gasteiger partial charge in [-0.25, -0.2) is 0 Å². The normalized spacial score (nSPS) is 10.2. The average molecular weight is 307 g/mol. The van der Waals surface area contributed by atoms with Gasteiger partial charge in [0.05, 0.1) is 0 Å². The Balaban J connectivity index is 2.14. The predicted molar refractivity (Wildman–Crippen MR) is 75.5 cm³/mol. The second-order valence-corrected chi connectivity index (χ2v) is 5.42. The lowest BCUT2D eigenvalue weighted by molar-refractivity contribution is 0.112. The fraction of sp³-hybridized carbons (Fsp3) is 0.0714. The molecule has 86 valence electrons. The SMILES string of the molecule is O=Cc1c(Br)cccc1SCc1ccccc1. The number of halogens is 1. The van der Waals surface area contributed by atoms with E-state index in [2.05, 4.69) is 28.1 Å². The molecule has 0 bridgehead atoms. The lowest BCUT2D eigenvalue weighted by atomic mass is 10.2. The molecule has 0 fully saturated rings. The zero-order valence-electron chi connectivity index (χ0n) is 9.10. The van der Waals surface area contributed by atoms with E-state index < -0.39 is 0 Å². The van der Waals surface area contributed by atoms with Gasteiger partial charge < -0.3 is 0 Å². The Bertz CT molecular complexity index is 511. The van der Waals surface area contributed by atoms with Crippen LogP contribution in [0.4, 0.5) is 0 Å². The molecule has 0 aliphatic carbocycles. The summed E-state index contributed by atoms with van der Waals surface area (Å²) >= 11 is 5.07. The van der Waals surface area contributed by atoms with Gasteiger partial charge in [-0.05, 0) is 17.7 Å². The summed E-state index contributed by atoms with van der Waals surface area (Å²) in [6.07, 6.45) is 0.900. The van der Waals surface area contributed by atoms with Crippen molar-refractivity contribution in [2.75, 3.05) is 0 Å². The lowest BCUT2D eigenvalue weighted by Crippen LogP contribution is -1.88. The molecule has 0 atom stereocenters. The molecular weight excluding hydrogens is 296 g/mol. The van der Waals surface area contributed by atoms with Crippen LogP contribution < -0.4 is 0 Å². The molecule has 0 aliphatic rings. The number of benzene rings is 2. The minimum absolute atomic E-state index is 0.730. The summed E-state index contributed by atoms with van der Waals surface area (Å²) in [5, 5.41) is 0. The second kappa shape index (κ2) is 6.03. The maximum atomic E-state index is 11.0. The van der Waals surface area contributed by atoms with E-state index in [0.29, 0.717) is 0 Å². The number of carbonyl (C=O) groups is 1. The summed E-state index contributed by atoms with van der Waals surface area (Å²) < 4.78 is 0.852. The molecule has 0 N–H and O–H groups in total. The Morgan fingerprint density at radius 3 is 2.53 bits per heavy atom. The first-order chi connectivity index (χ1) is 8.31. The molecule has 0 radical (unpaired) electrons. The predicted octanol–water partition coefficient (Wildman–Crippen LogP) is 4.55. The van der Waals surface area contributed by atoms with E-state index in [1.807, 2.05) is 36.4 Å². The van der Waals surface area contributed by atoms with Crippen molar-refractivity contribution < 1.29 is 4.79 Å². The van der Waals surface area contributed by atoms with Crippen LogP contribution in [0.2, 0.25) is 0 Å². The molecule has 2 rings (SSSR count). The van der Waals surface area contributed by atoms with Crippen LogP contribution >= 0.6 is 27.7 Å². The summed E-state index contributed by atoms with van der Waals surface area (Å²) in [5.74, 6) is 0.873. The quantitative estimate of drug-likeness (QED) is 0.609. The molecule has 0 spiro atoms. The van der Waals surface area contributed by atoms with Crippen LogP contribution in [-0.4, -0.2) is 6.29 Å². The Hall–Kier alpha value is -1.06. The van der Waals surface area contributed by atoms with Crippen LogP contribution in [0.5, 0.6) is 0 Å². The number of rotatable bonds is 4. The van der Waals surface area contributed by atoms with Gasteiger partial charge in [0.1, 0.15) is 0 Å². The average Bonchev–Trinajstić information content (AvgIpc) is 2.37. The van der Waals surface area contributed by atoms with Gasteiger partial charge >= 0.3 is 0 Å². The van der Waals surface area contributed by atoms with Gasteiger partial charge in [-0.1, -0.05) is 52.3 Å². The number of thioether (sulfide) groups is 1. The van der Waals surface area contributed by atoms with Crippen LogP contribution in [0.1, 0.15) is 15.9 Å². The minimum Gasteiger partial charge on any atom is -0.298 e. The van der Waals surface area contributed by atoms with Crippen molar-refractivity contribution in [1.29, 1.82) is 0 Å². The molecule has 0 heterocycles. The minimum atomic E-state index is 0.730. The van der Waals surface area contributed by atoms with E-state index in [9.17, 15) is 4.79 Å². The summed E-state index contributed by atoms with van der Waals surface area (Å²) in [6, 6.07) is 16.0. The van der Waals surface area contributed by atoms with Gasteiger partial charge in [-0.3, -0.25) is 4.79 Å². The van der Waals surface area contributed by atoms with Crippen LogP contribution in [0, 0.1) is 0 Å². The second-order valence-electron chi connectivity index (χ2n) is 3.54. The number of hydrogen-bond donors (Lipinski definition) is 0. The zero-order chi connectivity index (χ0) is 12.1. The third-order valence-corrected chi connectivity index (χ3v) is 4.20. The molecular formula is C14H11BrOS. The Labute approximate surface area is 113 Å². The van der Waals surface area contributed by atoms with Crippen molar-refractivity contribution >= 4 is 34.0 Å². The molecule has 17 heavy (non-hydrogen) atoms. The van der Waals surface area contributed by atoms with E-state index in [4.69, 9.17) is 0 Å². The van der Waals surface area contributed by atoms with Gasteiger partial charge in [0, 0.05) is 20.7 Å². The van der Waals surface area contributed by atoms with Crippen molar-refractivity contribution in [3.63, 3.8) is 0 Å². The molecule has 0 unspecified atom stereocenters. The zero-order valence-corrected chi connectivity index (χ0v) is 11.5. The molecule has 0 saturated carbocycles. The maximum absolute atomic E-state index is 11.0. The van der Waals surface area contributed by atoms with Crippen LogP contribution in [0.15, 0.2) is 57.9 Å². The van der Waals surface area contributed by atoms with E-state index in [0.717, 1.165) is 27.0 Å². The highest BCUT2D eigenvalue weighted by Gasteiger charge is 2.06. The van der Waals surface area contributed by atoms with Gasteiger partial charge in [-0.15, -0.1) is 11.8 Å². The van der Waals surface area contributed by atoms with Gasteiger partial charge in [0.15, 0.2) is 6.29 Å².